The summed E-state index contributed by atoms with van der Waals surface area (Å²) in [5.41, 5.74) is 6.78. The first-order valence-corrected chi connectivity index (χ1v) is 7.75. The smallest absolute Gasteiger partial charge is 0.305 e. The number of rotatable bonds is 9. The van der Waals surface area contributed by atoms with Crippen molar-refractivity contribution in [1.29, 1.82) is 0 Å². The molecular formula is C16H24ClNO3. The molecule has 0 radical (unpaired) electrons. The highest BCUT2D eigenvalue weighted by Gasteiger charge is 2.06. The topological polar surface area (TPSA) is 61.5 Å². The van der Waals surface area contributed by atoms with Crippen LogP contribution in [0.5, 0.6) is 5.75 Å². The number of ether oxygens (including phenoxy) is 2. The van der Waals surface area contributed by atoms with E-state index in [0.717, 1.165) is 24.8 Å². The van der Waals surface area contributed by atoms with Gasteiger partial charge in [-0.05, 0) is 50.8 Å². The van der Waals surface area contributed by atoms with Crippen LogP contribution in [0.1, 0.15) is 51.1 Å². The van der Waals surface area contributed by atoms with Crippen LogP contribution in [0.15, 0.2) is 18.2 Å². The Morgan fingerprint density at radius 2 is 2.10 bits per heavy atom. The summed E-state index contributed by atoms with van der Waals surface area (Å²) in [4.78, 5) is 11.1. The van der Waals surface area contributed by atoms with Gasteiger partial charge in [0, 0.05) is 12.5 Å². The van der Waals surface area contributed by atoms with E-state index in [0.29, 0.717) is 30.4 Å². The molecule has 0 heterocycles. The summed E-state index contributed by atoms with van der Waals surface area (Å²) < 4.78 is 10.5. The second kappa shape index (κ2) is 9.64. The monoisotopic (exact) mass is 313 g/mol. The Bertz CT molecular complexity index is 449. The number of esters is 1. The van der Waals surface area contributed by atoms with Crippen molar-refractivity contribution in [3.63, 3.8) is 0 Å². The summed E-state index contributed by atoms with van der Waals surface area (Å²) in [6, 6.07) is 5.56. The number of hydrogen-bond acceptors (Lipinski definition) is 4. The van der Waals surface area contributed by atoms with Gasteiger partial charge in [-0.3, -0.25) is 4.79 Å². The van der Waals surface area contributed by atoms with Gasteiger partial charge in [0.1, 0.15) is 5.75 Å². The lowest BCUT2D eigenvalue weighted by Gasteiger charge is -2.11. The van der Waals surface area contributed by atoms with Gasteiger partial charge >= 0.3 is 5.97 Å². The van der Waals surface area contributed by atoms with E-state index in [2.05, 4.69) is 0 Å². The van der Waals surface area contributed by atoms with Gasteiger partial charge in [0.25, 0.3) is 0 Å². The van der Waals surface area contributed by atoms with E-state index in [1.165, 1.54) is 0 Å². The number of nitrogens with two attached hydrogens (primary N) is 1. The molecule has 1 rings (SSSR count). The molecule has 1 aromatic rings. The fourth-order valence-electron chi connectivity index (χ4n) is 1.88. The summed E-state index contributed by atoms with van der Waals surface area (Å²) in [6.07, 6.45) is 3.09. The number of halogens is 1. The largest absolute Gasteiger partial charge is 0.492 e. The lowest BCUT2D eigenvalue weighted by atomic mass is 10.1. The zero-order chi connectivity index (χ0) is 15.7. The van der Waals surface area contributed by atoms with Crippen LogP contribution in [0.25, 0.3) is 0 Å². The van der Waals surface area contributed by atoms with Gasteiger partial charge in [-0.25, -0.2) is 0 Å². The molecule has 2 N–H and O–H groups in total. The third-order valence-corrected chi connectivity index (χ3v) is 3.37. The molecule has 0 unspecified atom stereocenters. The van der Waals surface area contributed by atoms with E-state index in [9.17, 15) is 4.79 Å². The first-order valence-electron chi connectivity index (χ1n) is 7.38. The average molecular weight is 314 g/mol. The van der Waals surface area contributed by atoms with Crippen molar-refractivity contribution < 1.29 is 14.3 Å². The lowest BCUT2D eigenvalue weighted by molar-refractivity contribution is -0.143. The fraction of sp³-hybridized carbons (Fsp3) is 0.562. The van der Waals surface area contributed by atoms with Crippen LogP contribution in [0.4, 0.5) is 0 Å². The third-order valence-electron chi connectivity index (χ3n) is 3.07. The summed E-state index contributed by atoms with van der Waals surface area (Å²) in [7, 11) is 0. The molecule has 0 bridgehead atoms. The molecule has 0 spiro atoms. The van der Waals surface area contributed by atoms with Crippen molar-refractivity contribution in [2.75, 3.05) is 13.2 Å². The summed E-state index contributed by atoms with van der Waals surface area (Å²) in [5.74, 6) is 0.541. The van der Waals surface area contributed by atoms with Crippen molar-refractivity contribution in [3.8, 4) is 5.75 Å². The lowest BCUT2D eigenvalue weighted by Crippen LogP contribution is -2.05. The van der Waals surface area contributed by atoms with Crippen molar-refractivity contribution in [1.82, 2.24) is 0 Å². The van der Waals surface area contributed by atoms with E-state index in [-0.39, 0.29) is 12.0 Å². The molecule has 0 saturated heterocycles. The number of hydrogen-bond donors (Lipinski definition) is 1. The van der Waals surface area contributed by atoms with Gasteiger partial charge in [0.05, 0.1) is 18.2 Å². The van der Waals surface area contributed by atoms with Gasteiger partial charge in [0.15, 0.2) is 0 Å². The highest BCUT2D eigenvalue weighted by atomic mass is 35.5. The van der Waals surface area contributed by atoms with Crippen LogP contribution >= 0.6 is 11.6 Å². The van der Waals surface area contributed by atoms with Crippen LogP contribution in [0.2, 0.25) is 5.02 Å². The Morgan fingerprint density at radius 1 is 1.33 bits per heavy atom. The maximum Gasteiger partial charge on any atom is 0.305 e. The van der Waals surface area contributed by atoms with Crippen molar-refractivity contribution >= 4 is 17.6 Å². The summed E-state index contributed by atoms with van der Waals surface area (Å²) in [5, 5.41) is 0.580. The molecule has 0 aliphatic heterocycles. The van der Waals surface area contributed by atoms with Crippen LogP contribution in [-0.2, 0) is 9.53 Å². The summed E-state index contributed by atoms with van der Waals surface area (Å²) in [6.45, 7) is 4.75. The predicted molar refractivity (Wildman–Crippen MR) is 84.7 cm³/mol. The SMILES string of the molecule is CCOC(=O)CCCCCOc1ccc([C@@H](C)N)cc1Cl. The van der Waals surface area contributed by atoms with Crippen LogP contribution in [-0.4, -0.2) is 19.2 Å². The maximum atomic E-state index is 11.1. The number of carbonyl (C=O) groups excluding carboxylic acids is 1. The molecule has 4 nitrogen and oxygen atoms in total. The van der Waals surface area contributed by atoms with Gasteiger partial charge in [0.2, 0.25) is 0 Å². The van der Waals surface area contributed by atoms with Gasteiger partial charge in [-0.15, -0.1) is 0 Å². The quantitative estimate of drug-likeness (QED) is 0.555. The Morgan fingerprint density at radius 3 is 2.71 bits per heavy atom. The molecular weight excluding hydrogens is 290 g/mol. The molecule has 1 atom stereocenters. The Balaban J connectivity index is 2.22. The second-order valence-electron chi connectivity index (χ2n) is 4.94. The fourth-order valence-corrected chi connectivity index (χ4v) is 2.12. The van der Waals surface area contributed by atoms with Crippen LogP contribution in [0, 0.1) is 0 Å². The van der Waals surface area contributed by atoms with E-state index < -0.39 is 0 Å². The molecule has 0 aliphatic rings. The van der Waals surface area contributed by atoms with E-state index >= 15 is 0 Å². The van der Waals surface area contributed by atoms with Crippen molar-refractivity contribution in [2.24, 2.45) is 5.73 Å². The van der Waals surface area contributed by atoms with Crippen molar-refractivity contribution in [2.45, 2.75) is 45.6 Å². The zero-order valence-electron chi connectivity index (χ0n) is 12.7. The van der Waals surface area contributed by atoms with Gasteiger partial charge < -0.3 is 15.2 Å². The highest BCUT2D eigenvalue weighted by Crippen LogP contribution is 2.27. The second-order valence-corrected chi connectivity index (χ2v) is 5.35. The molecule has 118 valence electrons. The minimum absolute atomic E-state index is 0.0422. The molecule has 0 saturated carbocycles. The van der Waals surface area contributed by atoms with E-state index in [1.807, 2.05) is 32.0 Å². The molecule has 1 aromatic carbocycles. The first-order chi connectivity index (χ1) is 10.0. The van der Waals surface area contributed by atoms with E-state index in [1.54, 1.807) is 0 Å². The average Bonchev–Trinajstić information content (AvgIpc) is 2.44. The molecule has 0 fully saturated rings. The molecule has 0 aromatic heterocycles. The minimum atomic E-state index is -0.132. The number of carbonyl (C=O) groups is 1. The third kappa shape index (κ3) is 6.82. The Kier molecular flexibility index (Phi) is 8.16. The Hall–Kier alpha value is -1.26. The normalized spacial score (nSPS) is 12.0. The molecule has 5 heteroatoms. The van der Waals surface area contributed by atoms with Gasteiger partial charge in [-0.1, -0.05) is 17.7 Å². The number of benzene rings is 1. The molecule has 0 aliphatic carbocycles. The molecule has 0 amide bonds. The van der Waals surface area contributed by atoms with Crippen LogP contribution in [0.3, 0.4) is 0 Å². The standard InChI is InChI=1S/C16H24ClNO3/c1-3-20-16(19)7-5-4-6-10-21-15-9-8-13(12(2)18)11-14(15)17/h8-9,11-12H,3-7,10,18H2,1-2H3/t12-/m1/s1. The summed E-state index contributed by atoms with van der Waals surface area (Å²) >= 11 is 6.15. The van der Waals surface area contributed by atoms with Crippen LogP contribution < -0.4 is 10.5 Å². The van der Waals surface area contributed by atoms with E-state index in [4.69, 9.17) is 26.8 Å². The maximum absolute atomic E-state index is 11.1. The highest BCUT2D eigenvalue weighted by molar-refractivity contribution is 6.32. The molecule has 21 heavy (non-hydrogen) atoms. The first kappa shape index (κ1) is 17.8. The zero-order valence-corrected chi connectivity index (χ0v) is 13.5. The van der Waals surface area contributed by atoms with Gasteiger partial charge in [-0.2, -0.15) is 0 Å². The predicted octanol–water partition coefficient (Wildman–Crippen LogP) is 3.86. The Labute approximate surface area is 131 Å². The number of unbranched alkanes of at least 4 members (excludes halogenated alkanes) is 2. The van der Waals surface area contributed by atoms with Crippen molar-refractivity contribution in [3.05, 3.63) is 28.8 Å². The minimum Gasteiger partial charge on any atom is -0.492 e.